The topological polar surface area (TPSA) is 46.5 Å². The number of ketones is 1. The quantitative estimate of drug-likeness (QED) is 0.673. The highest BCUT2D eigenvalue weighted by Gasteiger charge is 2.26. The van der Waals surface area contributed by atoms with Crippen LogP contribution in [-0.2, 0) is 9.53 Å². The van der Waals surface area contributed by atoms with Crippen LogP contribution in [0.1, 0.15) is 33.1 Å². The summed E-state index contributed by atoms with van der Waals surface area (Å²) in [4.78, 5) is 10.8. The molecule has 1 fully saturated rings. The van der Waals surface area contributed by atoms with Crippen molar-refractivity contribution in [1.29, 1.82) is 0 Å². The fourth-order valence-corrected chi connectivity index (χ4v) is 1.67. The number of aliphatic hydroxyl groups is 1. The Morgan fingerprint density at radius 3 is 2.75 bits per heavy atom. The molecule has 0 bridgehead atoms. The first kappa shape index (κ1) is 9.68. The summed E-state index contributed by atoms with van der Waals surface area (Å²) in [7, 11) is 0. The smallest absolute Gasteiger partial charge is 0.132 e. The van der Waals surface area contributed by atoms with E-state index in [9.17, 15) is 9.90 Å². The second kappa shape index (κ2) is 4.01. The van der Waals surface area contributed by atoms with Gasteiger partial charge in [0.2, 0.25) is 0 Å². The molecule has 0 spiro atoms. The van der Waals surface area contributed by atoms with Crippen molar-refractivity contribution in [2.24, 2.45) is 0 Å². The van der Waals surface area contributed by atoms with Gasteiger partial charge in [-0.05, 0) is 20.3 Å². The van der Waals surface area contributed by atoms with Crippen LogP contribution >= 0.6 is 0 Å². The van der Waals surface area contributed by atoms with Crippen LogP contribution < -0.4 is 0 Å². The zero-order valence-electron chi connectivity index (χ0n) is 7.62. The molecule has 1 aliphatic rings. The fraction of sp³-hybridized carbons (Fsp3) is 0.889. The number of Topliss-reactive ketones (excluding diaryl/α,β-unsaturated/α-hetero) is 1. The summed E-state index contributed by atoms with van der Waals surface area (Å²) in [6.07, 6.45) is 1.44. The SMILES string of the molecule is CC(=O)CC1CC(O)CC(C)O1. The third-order valence-corrected chi connectivity index (χ3v) is 2.08. The molecule has 0 aliphatic carbocycles. The average molecular weight is 172 g/mol. The lowest BCUT2D eigenvalue weighted by molar-refractivity contribution is -0.126. The van der Waals surface area contributed by atoms with Gasteiger partial charge < -0.3 is 9.84 Å². The third kappa shape index (κ3) is 2.91. The van der Waals surface area contributed by atoms with Gasteiger partial charge in [0.05, 0.1) is 18.3 Å². The molecule has 0 aromatic rings. The molecule has 0 amide bonds. The van der Waals surface area contributed by atoms with Crippen LogP contribution in [0, 0.1) is 0 Å². The Kier molecular flexibility index (Phi) is 3.23. The molecule has 0 aromatic carbocycles. The summed E-state index contributed by atoms with van der Waals surface area (Å²) >= 11 is 0. The van der Waals surface area contributed by atoms with Gasteiger partial charge in [-0.2, -0.15) is 0 Å². The van der Waals surface area contributed by atoms with E-state index in [1.54, 1.807) is 6.92 Å². The first-order valence-corrected chi connectivity index (χ1v) is 4.41. The summed E-state index contributed by atoms with van der Waals surface area (Å²) in [5, 5.41) is 9.37. The fourth-order valence-electron chi connectivity index (χ4n) is 1.67. The molecule has 0 saturated carbocycles. The lowest BCUT2D eigenvalue weighted by Crippen LogP contribution is -2.35. The van der Waals surface area contributed by atoms with Crippen molar-refractivity contribution in [2.75, 3.05) is 0 Å². The number of rotatable bonds is 2. The molecule has 1 rings (SSSR count). The molecule has 3 atom stereocenters. The molecule has 3 unspecified atom stereocenters. The molecule has 1 N–H and O–H groups in total. The highest BCUT2D eigenvalue weighted by molar-refractivity contribution is 5.75. The Morgan fingerprint density at radius 1 is 1.58 bits per heavy atom. The largest absolute Gasteiger partial charge is 0.393 e. The molecule has 3 nitrogen and oxygen atoms in total. The molecule has 1 aliphatic heterocycles. The van der Waals surface area contributed by atoms with E-state index in [2.05, 4.69) is 0 Å². The van der Waals surface area contributed by atoms with Crippen molar-refractivity contribution < 1.29 is 14.6 Å². The van der Waals surface area contributed by atoms with E-state index in [-0.39, 0.29) is 24.1 Å². The van der Waals surface area contributed by atoms with E-state index in [1.165, 1.54) is 0 Å². The van der Waals surface area contributed by atoms with Crippen molar-refractivity contribution in [3.05, 3.63) is 0 Å². The van der Waals surface area contributed by atoms with E-state index in [0.717, 1.165) is 0 Å². The van der Waals surface area contributed by atoms with Gasteiger partial charge in [0.25, 0.3) is 0 Å². The van der Waals surface area contributed by atoms with Gasteiger partial charge in [0, 0.05) is 12.8 Å². The summed E-state index contributed by atoms with van der Waals surface area (Å²) in [6.45, 7) is 3.48. The standard InChI is InChI=1S/C9H16O3/c1-6(10)3-9-5-8(11)4-7(2)12-9/h7-9,11H,3-5H2,1-2H3. The van der Waals surface area contributed by atoms with Gasteiger partial charge in [-0.1, -0.05) is 0 Å². The van der Waals surface area contributed by atoms with E-state index in [0.29, 0.717) is 19.3 Å². The second-order valence-corrected chi connectivity index (χ2v) is 3.60. The van der Waals surface area contributed by atoms with Crippen LogP contribution in [0.5, 0.6) is 0 Å². The first-order chi connectivity index (χ1) is 5.58. The number of aliphatic hydroxyl groups excluding tert-OH is 1. The maximum absolute atomic E-state index is 10.8. The molecular weight excluding hydrogens is 156 g/mol. The predicted octanol–water partition coefficient (Wildman–Crippen LogP) is 0.894. The summed E-state index contributed by atoms with van der Waals surface area (Å²) in [5.74, 6) is 0.126. The van der Waals surface area contributed by atoms with Gasteiger partial charge in [-0.3, -0.25) is 4.79 Å². The number of ether oxygens (including phenoxy) is 1. The predicted molar refractivity (Wildman–Crippen MR) is 44.9 cm³/mol. The van der Waals surface area contributed by atoms with Crippen molar-refractivity contribution in [2.45, 2.75) is 51.4 Å². The Morgan fingerprint density at radius 2 is 2.25 bits per heavy atom. The summed E-state index contributed by atoms with van der Waals surface area (Å²) in [6, 6.07) is 0. The van der Waals surface area contributed by atoms with Gasteiger partial charge >= 0.3 is 0 Å². The minimum Gasteiger partial charge on any atom is -0.393 e. The molecule has 3 heteroatoms. The lowest BCUT2D eigenvalue weighted by atomic mass is 9.99. The van der Waals surface area contributed by atoms with Gasteiger partial charge in [-0.25, -0.2) is 0 Å². The zero-order valence-corrected chi connectivity index (χ0v) is 7.62. The van der Waals surface area contributed by atoms with Crippen LogP contribution in [-0.4, -0.2) is 29.2 Å². The molecule has 70 valence electrons. The van der Waals surface area contributed by atoms with Gasteiger partial charge in [0.15, 0.2) is 0 Å². The molecule has 0 radical (unpaired) electrons. The van der Waals surface area contributed by atoms with Crippen LogP contribution in [0.25, 0.3) is 0 Å². The van der Waals surface area contributed by atoms with Gasteiger partial charge in [0.1, 0.15) is 5.78 Å². The van der Waals surface area contributed by atoms with Crippen molar-refractivity contribution in [1.82, 2.24) is 0 Å². The third-order valence-electron chi connectivity index (χ3n) is 2.08. The Bertz CT molecular complexity index is 157. The van der Waals surface area contributed by atoms with Crippen LogP contribution in [0.15, 0.2) is 0 Å². The van der Waals surface area contributed by atoms with E-state index < -0.39 is 0 Å². The molecule has 1 saturated heterocycles. The first-order valence-electron chi connectivity index (χ1n) is 4.41. The van der Waals surface area contributed by atoms with Crippen LogP contribution in [0.2, 0.25) is 0 Å². The van der Waals surface area contributed by atoms with E-state index in [1.807, 2.05) is 6.92 Å². The van der Waals surface area contributed by atoms with Crippen LogP contribution in [0.3, 0.4) is 0 Å². The van der Waals surface area contributed by atoms with Crippen molar-refractivity contribution >= 4 is 5.78 Å². The second-order valence-electron chi connectivity index (χ2n) is 3.60. The average Bonchev–Trinajstić information content (AvgIpc) is 1.81. The molecule has 1 heterocycles. The highest BCUT2D eigenvalue weighted by atomic mass is 16.5. The zero-order chi connectivity index (χ0) is 9.14. The van der Waals surface area contributed by atoms with E-state index >= 15 is 0 Å². The monoisotopic (exact) mass is 172 g/mol. The highest BCUT2D eigenvalue weighted by Crippen LogP contribution is 2.21. The number of hydrogen-bond acceptors (Lipinski definition) is 3. The number of carbonyl (C=O) groups is 1. The minimum absolute atomic E-state index is 0.0683. The maximum Gasteiger partial charge on any atom is 0.132 e. The van der Waals surface area contributed by atoms with Crippen LogP contribution in [0.4, 0.5) is 0 Å². The Hall–Kier alpha value is -0.410. The van der Waals surface area contributed by atoms with E-state index in [4.69, 9.17) is 4.74 Å². The Balaban J connectivity index is 2.38. The number of hydrogen-bond donors (Lipinski definition) is 1. The Labute approximate surface area is 72.7 Å². The summed E-state index contributed by atoms with van der Waals surface area (Å²) in [5.41, 5.74) is 0. The summed E-state index contributed by atoms with van der Waals surface area (Å²) < 4.78 is 5.49. The minimum atomic E-state index is -0.293. The number of carbonyl (C=O) groups excluding carboxylic acids is 1. The molecule has 12 heavy (non-hydrogen) atoms. The lowest BCUT2D eigenvalue weighted by Gasteiger charge is -2.30. The van der Waals surface area contributed by atoms with Crippen molar-refractivity contribution in [3.8, 4) is 0 Å². The molecular formula is C9H16O3. The normalized spacial score (nSPS) is 36.4. The van der Waals surface area contributed by atoms with Crippen molar-refractivity contribution in [3.63, 3.8) is 0 Å². The maximum atomic E-state index is 10.8. The molecule has 0 aromatic heterocycles. The van der Waals surface area contributed by atoms with Gasteiger partial charge in [-0.15, -0.1) is 0 Å².